The molecule has 2 aromatic carbocycles. The summed E-state index contributed by atoms with van der Waals surface area (Å²) >= 11 is 0. The quantitative estimate of drug-likeness (QED) is 0.622. The molecule has 0 bridgehead atoms. The maximum atomic E-state index is 3.43. The minimum atomic E-state index is 0.938. The van der Waals surface area contributed by atoms with Crippen LogP contribution in [0.25, 0.3) is 0 Å². The third-order valence-electron chi connectivity index (χ3n) is 3.32. The van der Waals surface area contributed by atoms with Crippen molar-refractivity contribution in [3.05, 3.63) is 71.8 Å². The van der Waals surface area contributed by atoms with Gasteiger partial charge in [-0.15, -0.1) is 0 Å². The molecule has 0 radical (unpaired) electrons. The maximum Gasteiger partial charge on any atom is 0.0206 e. The summed E-state index contributed by atoms with van der Waals surface area (Å²) in [4.78, 5) is 0. The Hall–Kier alpha value is -1.68. The van der Waals surface area contributed by atoms with Crippen LogP contribution in [0.3, 0.4) is 0 Å². The summed E-state index contributed by atoms with van der Waals surface area (Å²) in [5, 5.41) is 9.96. The predicted molar refractivity (Wildman–Crippen MR) is 101 cm³/mol. The van der Waals surface area contributed by atoms with Gasteiger partial charge in [0.1, 0.15) is 0 Å². The van der Waals surface area contributed by atoms with E-state index in [1.165, 1.54) is 11.1 Å². The van der Waals surface area contributed by atoms with Gasteiger partial charge in [-0.25, -0.2) is 0 Å². The van der Waals surface area contributed by atoms with E-state index in [0.29, 0.717) is 0 Å². The van der Waals surface area contributed by atoms with Crippen molar-refractivity contribution in [3.8, 4) is 0 Å². The lowest BCUT2D eigenvalue weighted by Gasteiger charge is -2.06. The third kappa shape index (κ3) is 10.6. The Morgan fingerprint density at radius 3 is 1.26 bits per heavy atom. The first-order chi connectivity index (χ1) is 11.4. The summed E-state index contributed by atoms with van der Waals surface area (Å²) in [6.07, 6.45) is 0. The van der Waals surface area contributed by atoms with Crippen molar-refractivity contribution >= 4 is 0 Å². The van der Waals surface area contributed by atoms with Gasteiger partial charge in [-0.2, -0.15) is 0 Å². The van der Waals surface area contributed by atoms with Crippen LogP contribution in [0.1, 0.15) is 25.0 Å². The van der Waals surface area contributed by atoms with Gasteiger partial charge in [0, 0.05) is 26.2 Å². The van der Waals surface area contributed by atoms with Gasteiger partial charge in [0.15, 0.2) is 0 Å². The largest absolute Gasteiger partial charge is 0.317 e. The smallest absolute Gasteiger partial charge is 0.0206 e. The van der Waals surface area contributed by atoms with Crippen LogP contribution in [0, 0.1) is 0 Å². The SMILES string of the molecule is CCNCC.c1ccc(CNCCNCc2ccccc2)cc1. The van der Waals surface area contributed by atoms with Crippen LogP contribution in [0.5, 0.6) is 0 Å². The monoisotopic (exact) mass is 313 g/mol. The van der Waals surface area contributed by atoms with E-state index in [1.54, 1.807) is 0 Å². The molecule has 0 saturated carbocycles. The van der Waals surface area contributed by atoms with E-state index in [1.807, 2.05) is 12.1 Å². The Kier molecular flexibility index (Phi) is 11.7. The van der Waals surface area contributed by atoms with E-state index < -0.39 is 0 Å². The molecule has 2 aromatic rings. The highest BCUT2D eigenvalue weighted by atomic mass is 14.9. The number of rotatable bonds is 9. The lowest BCUT2D eigenvalue weighted by atomic mass is 10.2. The van der Waals surface area contributed by atoms with Gasteiger partial charge in [0.25, 0.3) is 0 Å². The minimum Gasteiger partial charge on any atom is -0.317 e. The van der Waals surface area contributed by atoms with Gasteiger partial charge in [-0.3, -0.25) is 0 Å². The lowest BCUT2D eigenvalue weighted by Crippen LogP contribution is -2.26. The molecular formula is C20H31N3. The summed E-state index contributed by atoms with van der Waals surface area (Å²) in [5.41, 5.74) is 2.67. The molecule has 3 N–H and O–H groups in total. The molecule has 2 rings (SSSR count). The molecule has 3 nitrogen and oxygen atoms in total. The van der Waals surface area contributed by atoms with Gasteiger partial charge in [0.05, 0.1) is 0 Å². The highest BCUT2D eigenvalue weighted by Crippen LogP contribution is 1.97. The van der Waals surface area contributed by atoms with Crippen molar-refractivity contribution in [2.45, 2.75) is 26.9 Å². The van der Waals surface area contributed by atoms with Crippen LogP contribution in [0.15, 0.2) is 60.7 Å². The maximum absolute atomic E-state index is 3.43. The zero-order valence-corrected chi connectivity index (χ0v) is 14.5. The molecule has 23 heavy (non-hydrogen) atoms. The Bertz CT molecular complexity index is 425. The number of hydrogen-bond donors (Lipinski definition) is 3. The van der Waals surface area contributed by atoms with Crippen molar-refractivity contribution < 1.29 is 0 Å². The molecule has 126 valence electrons. The van der Waals surface area contributed by atoms with Crippen molar-refractivity contribution in [1.82, 2.24) is 16.0 Å². The Morgan fingerprint density at radius 2 is 0.957 bits per heavy atom. The summed E-state index contributed by atoms with van der Waals surface area (Å²) in [6, 6.07) is 21.0. The molecule has 0 saturated heterocycles. The fourth-order valence-corrected chi connectivity index (χ4v) is 2.08. The molecule has 3 heteroatoms. The van der Waals surface area contributed by atoms with E-state index >= 15 is 0 Å². The van der Waals surface area contributed by atoms with Gasteiger partial charge in [0.2, 0.25) is 0 Å². The molecule has 0 fully saturated rings. The van der Waals surface area contributed by atoms with Crippen LogP contribution < -0.4 is 16.0 Å². The summed E-state index contributed by atoms with van der Waals surface area (Å²) < 4.78 is 0. The van der Waals surface area contributed by atoms with E-state index in [-0.39, 0.29) is 0 Å². The molecule has 0 aliphatic carbocycles. The van der Waals surface area contributed by atoms with Gasteiger partial charge in [-0.1, -0.05) is 74.5 Å². The predicted octanol–water partition coefficient (Wildman–Crippen LogP) is 3.18. The van der Waals surface area contributed by atoms with Crippen LogP contribution in [0.4, 0.5) is 0 Å². The Labute approximate surface area is 141 Å². The molecule has 0 aromatic heterocycles. The van der Waals surface area contributed by atoms with E-state index in [0.717, 1.165) is 39.3 Å². The molecule has 0 unspecified atom stereocenters. The highest BCUT2D eigenvalue weighted by Gasteiger charge is 1.92. The highest BCUT2D eigenvalue weighted by molar-refractivity contribution is 5.15. The topological polar surface area (TPSA) is 36.1 Å². The summed E-state index contributed by atoms with van der Waals surface area (Å²) in [6.45, 7) is 10.2. The van der Waals surface area contributed by atoms with Crippen molar-refractivity contribution in [2.24, 2.45) is 0 Å². The summed E-state index contributed by atoms with van der Waals surface area (Å²) in [7, 11) is 0. The van der Waals surface area contributed by atoms with E-state index in [2.05, 4.69) is 78.3 Å². The van der Waals surface area contributed by atoms with Crippen LogP contribution in [0.2, 0.25) is 0 Å². The third-order valence-corrected chi connectivity index (χ3v) is 3.32. The summed E-state index contributed by atoms with van der Waals surface area (Å²) in [5.74, 6) is 0. The molecule has 0 atom stereocenters. The van der Waals surface area contributed by atoms with Crippen LogP contribution in [-0.4, -0.2) is 26.2 Å². The van der Waals surface area contributed by atoms with Crippen molar-refractivity contribution in [3.63, 3.8) is 0 Å². The van der Waals surface area contributed by atoms with Crippen LogP contribution in [-0.2, 0) is 13.1 Å². The fourth-order valence-electron chi connectivity index (χ4n) is 2.08. The minimum absolute atomic E-state index is 0.938. The number of benzene rings is 2. The molecule has 0 aliphatic rings. The molecule has 0 heterocycles. The zero-order valence-electron chi connectivity index (χ0n) is 14.5. The fraction of sp³-hybridized carbons (Fsp3) is 0.400. The average Bonchev–Trinajstić information content (AvgIpc) is 2.61. The molecule has 0 spiro atoms. The Balaban J connectivity index is 0.000000463. The molecule has 0 aliphatic heterocycles. The van der Waals surface area contributed by atoms with Gasteiger partial charge >= 0.3 is 0 Å². The Morgan fingerprint density at radius 1 is 0.565 bits per heavy atom. The van der Waals surface area contributed by atoms with Gasteiger partial charge in [-0.05, 0) is 24.2 Å². The van der Waals surface area contributed by atoms with Crippen molar-refractivity contribution in [2.75, 3.05) is 26.2 Å². The first-order valence-corrected chi connectivity index (χ1v) is 8.56. The number of hydrogen-bond acceptors (Lipinski definition) is 3. The molecule has 0 amide bonds. The first-order valence-electron chi connectivity index (χ1n) is 8.56. The van der Waals surface area contributed by atoms with Crippen molar-refractivity contribution in [1.29, 1.82) is 0 Å². The van der Waals surface area contributed by atoms with Crippen LogP contribution >= 0.6 is 0 Å². The molecular weight excluding hydrogens is 282 g/mol. The zero-order chi connectivity index (χ0) is 16.6. The van der Waals surface area contributed by atoms with E-state index in [4.69, 9.17) is 0 Å². The normalized spacial score (nSPS) is 10.0. The first kappa shape index (κ1) is 19.4. The standard InChI is InChI=1S/C16H20N2.C4H11N/c1-3-7-15(8-4-1)13-17-11-12-18-14-16-9-5-2-6-10-16;1-3-5-4-2/h1-10,17-18H,11-14H2;5H,3-4H2,1-2H3. The lowest BCUT2D eigenvalue weighted by molar-refractivity contribution is 0.611. The van der Waals surface area contributed by atoms with Gasteiger partial charge < -0.3 is 16.0 Å². The second-order valence-corrected chi connectivity index (χ2v) is 5.28. The average molecular weight is 313 g/mol. The second-order valence-electron chi connectivity index (χ2n) is 5.28. The number of nitrogens with one attached hydrogen (secondary N) is 3. The second kappa shape index (κ2) is 13.9. The van der Waals surface area contributed by atoms with E-state index in [9.17, 15) is 0 Å².